The Kier molecular flexibility index (Phi) is 4.34. The lowest BCUT2D eigenvalue weighted by atomic mass is 10.0. The second kappa shape index (κ2) is 6.19. The highest BCUT2D eigenvalue weighted by Gasteiger charge is 2.24. The van der Waals surface area contributed by atoms with Gasteiger partial charge in [-0.15, -0.1) is 0 Å². The molecule has 2 rings (SSSR count). The van der Waals surface area contributed by atoms with Gasteiger partial charge in [0, 0.05) is 19.0 Å². The predicted octanol–water partition coefficient (Wildman–Crippen LogP) is 2.23. The van der Waals surface area contributed by atoms with Crippen LogP contribution in [0, 0.1) is 5.92 Å². The Morgan fingerprint density at radius 2 is 2.17 bits per heavy atom. The van der Waals surface area contributed by atoms with Gasteiger partial charge in [0.2, 0.25) is 0 Å². The molecule has 1 aromatic rings. The molecule has 0 saturated carbocycles. The maximum Gasteiger partial charge on any atom is 0.410 e. The number of hydrogen-bond donors (Lipinski definition) is 0. The van der Waals surface area contributed by atoms with E-state index in [-0.39, 0.29) is 18.6 Å². The summed E-state index contributed by atoms with van der Waals surface area (Å²) in [6, 6.07) is 9.57. The molecule has 0 aromatic heterocycles. The van der Waals surface area contributed by atoms with Crippen molar-refractivity contribution in [2.24, 2.45) is 5.92 Å². The second-order valence-electron chi connectivity index (χ2n) is 4.52. The molecule has 0 N–H and O–H groups in total. The maximum atomic E-state index is 11.8. The Bertz CT molecular complexity index is 405. The molecule has 0 spiro atoms. The minimum absolute atomic E-state index is 0.0389. The SMILES string of the molecule is O=C[C@@H]1CCCN(C(=O)OCc2ccccc2)C1. The van der Waals surface area contributed by atoms with Crippen LogP contribution in [0.1, 0.15) is 18.4 Å². The van der Waals surface area contributed by atoms with E-state index in [1.165, 1.54) is 0 Å². The number of likely N-dealkylation sites (tertiary alicyclic amines) is 1. The Hall–Kier alpha value is -1.84. The molecule has 18 heavy (non-hydrogen) atoms. The first-order chi connectivity index (χ1) is 8.79. The van der Waals surface area contributed by atoms with Gasteiger partial charge in [0.25, 0.3) is 0 Å². The first-order valence-corrected chi connectivity index (χ1v) is 6.20. The molecular weight excluding hydrogens is 230 g/mol. The van der Waals surface area contributed by atoms with E-state index in [4.69, 9.17) is 4.74 Å². The minimum Gasteiger partial charge on any atom is -0.445 e. The summed E-state index contributed by atoms with van der Waals surface area (Å²) in [5, 5.41) is 0. The summed E-state index contributed by atoms with van der Waals surface area (Å²) in [7, 11) is 0. The van der Waals surface area contributed by atoms with Crippen LogP contribution < -0.4 is 0 Å². The van der Waals surface area contributed by atoms with Crippen LogP contribution in [0.2, 0.25) is 0 Å². The van der Waals surface area contributed by atoms with E-state index in [0.29, 0.717) is 13.1 Å². The van der Waals surface area contributed by atoms with Gasteiger partial charge in [-0.05, 0) is 18.4 Å². The lowest BCUT2D eigenvalue weighted by molar-refractivity contribution is -0.112. The second-order valence-corrected chi connectivity index (χ2v) is 4.52. The first-order valence-electron chi connectivity index (χ1n) is 6.20. The summed E-state index contributed by atoms with van der Waals surface area (Å²) in [5.41, 5.74) is 0.967. The lowest BCUT2D eigenvalue weighted by Gasteiger charge is -2.29. The third-order valence-corrected chi connectivity index (χ3v) is 3.11. The number of carbonyl (C=O) groups excluding carboxylic acids is 2. The molecule has 1 fully saturated rings. The Morgan fingerprint density at radius 1 is 1.39 bits per heavy atom. The molecular formula is C14H17NO3. The van der Waals surface area contributed by atoms with Crippen LogP contribution in [0.4, 0.5) is 4.79 Å². The van der Waals surface area contributed by atoms with Crippen LogP contribution in [-0.2, 0) is 16.1 Å². The maximum absolute atomic E-state index is 11.8. The van der Waals surface area contributed by atoms with Gasteiger partial charge in [-0.2, -0.15) is 0 Å². The highest BCUT2D eigenvalue weighted by Crippen LogP contribution is 2.15. The van der Waals surface area contributed by atoms with Gasteiger partial charge in [0.1, 0.15) is 12.9 Å². The Labute approximate surface area is 107 Å². The van der Waals surface area contributed by atoms with Crippen molar-refractivity contribution in [1.82, 2.24) is 4.90 Å². The van der Waals surface area contributed by atoms with Gasteiger partial charge in [0.05, 0.1) is 0 Å². The zero-order valence-corrected chi connectivity index (χ0v) is 10.2. The fourth-order valence-corrected chi connectivity index (χ4v) is 2.10. The minimum atomic E-state index is -0.328. The largest absolute Gasteiger partial charge is 0.445 e. The molecule has 1 amide bonds. The molecule has 0 unspecified atom stereocenters. The molecule has 96 valence electrons. The van der Waals surface area contributed by atoms with Gasteiger partial charge in [-0.3, -0.25) is 0 Å². The van der Waals surface area contributed by atoms with E-state index in [1.54, 1.807) is 4.90 Å². The molecule has 1 heterocycles. The number of rotatable bonds is 3. The van der Waals surface area contributed by atoms with Crippen molar-refractivity contribution < 1.29 is 14.3 Å². The van der Waals surface area contributed by atoms with E-state index in [1.807, 2.05) is 30.3 Å². The van der Waals surface area contributed by atoms with Crippen LogP contribution >= 0.6 is 0 Å². The summed E-state index contributed by atoms with van der Waals surface area (Å²) in [6.07, 6.45) is 2.33. The van der Waals surface area contributed by atoms with Crippen molar-refractivity contribution >= 4 is 12.4 Å². The third-order valence-electron chi connectivity index (χ3n) is 3.11. The van der Waals surface area contributed by atoms with Crippen LogP contribution in [0.5, 0.6) is 0 Å². The van der Waals surface area contributed by atoms with Gasteiger partial charge < -0.3 is 14.4 Å². The van der Waals surface area contributed by atoms with Gasteiger partial charge in [-0.1, -0.05) is 30.3 Å². The summed E-state index contributed by atoms with van der Waals surface area (Å²) in [6.45, 7) is 1.44. The third kappa shape index (κ3) is 3.32. The normalized spacial score (nSPS) is 19.3. The van der Waals surface area contributed by atoms with E-state index in [9.17, 15) is 9.59 Å². The molecule has 1 saturated heterocycles. The van der Waals surface area contributed by atoms with Crippen LogP contribution in [0.15, 0.2) is 30.3 Å². The van der Waals surface area contributed by atoms with E-state index in [0.717, 1.165) is 24.7 Å². The van der Waals surface area contributed by atoms with Gasteiger partial charge >= 0.3 is 6.09 Å². The highest BCUT2D eigenvalue weighted by molar-refractivity contribution is 5.68. The topological polar surface area (TPSA) is 46.6 Å². The zero-order chi connectivity index (χ0) is 12.8. The van der Waals surface area contributed by atoms with E-state index >= 15 is 0 Å². The van der Waals surface area contributed by atoms with Crippen molar-refractivity contribution in [3.63, 3.8) is 0 Å². The van der Waals surface area contributed by atoms with Crippen molar-refractivity contribution in [2.45, 2.75) is 19.4 Å². The number of amides is 1. The fourth-order valence-electron chi connectivity index (χ4n) is 2.10. The molecule has 4 heteroatoms. The monoisotopic (exact) mass is 247 g/mol. The van der Waals surface area contributed by atoms with Crippen molar-refractivity contribution in [1.29, 1.82) is 0 Å². The zero-order valence-electron chi connectivity index (χ0n) is 10.2. The smallest absolute Gasteiger partial charge is 0.410 e. The number of nitrogens with zero attached hydrogens (tertiary/aromatic N) is 1. The van der Waals surface area contributed by atoms with Gasteiger partial charge in [-0.25, -0.2) is 4.79 Å². The molecule has 0 aliphatic carbocycles. The number of hydrogen-bond acceptors (Lipinski definition) is 3. The molecule has 1 aliphatic rings. The Balaban J connectivity index is 1.82. The molecule has 1 atom stereocenters. The van der Waals surface area contributed by atoms with E-state index < -0.39 is 0 Å². The summed E-state index contributed by atoms with van der Waals surface area (Å²) in [4.78, 5) is 24.2. The molecule has 4 nitrogen and oxygen atoms in total. The van der Waals surface area contributed by atoms with Gasteiger partial charge in [0.15, 0.2) is 0 Å². The predicted molar refractivity (Wildman–Crippen MR) is 67.0 cm³/mol. The molecule has 1 aliphatic heterocycles. The summed E-state index contributed by atoms with van der Waals surface area (Å²) in [5.74, 6) is -0.0389. The van der Waals surface area contributed by atoms with Crippen LogP contribution in [0.25, 0.3) is 0 Å². The summed E-state index contributed by atoms with van der Waals surface area (Å²) < 4.78 is 5.23. The van der Waals surface area contributed by atoms with E-state index in [2.05, 4.69) is 0 Å². The average Bonchev–Trinajstić information content (AvgIpc) is 2.46. The number of piperidine rings is 1. The molecule has 0 bridgehead atoms. The standard InChI is InChI=1S/C14H17NO3/c16-10-13-7-4-8-15(9-13)14(17)18-11-12-5-2-1-3-6-12/h1-3,5-6,10,13H,4,7-9,11H2/t13-/m1/s1. The number of aldehydes is 1. The van der Waals surface area contributed by atoms with Crippen molar-refractivity contribution in [3.05, 3.63) is 35.9 Å². The van der Waals surface area contributed by atoms with Crippen molar-refractivity contribution in [3.8, 4) is 0 Å². The van der Waals surface area contributed by atoms with Crippen molar-refractivity contribution in [2.75, 3.05) is 13.1 Å². The fraction of sp³-hybridized carbons (Fsp3) is 0.429. The van der Waals surface area contributed by atoms with Crippen LogP contribution in [0.3, 0.4) is 0 Å². The Morgan fingerprint density at radius 3 is 2.89 bits per heavy atom. The first kappa shape index (κ1) is 12.6. The molecule has 1 aromatic carbocycles. The number of benzene rings is 1. The average molecular weight is 247 g/mol. The van der Waals surface area contributed by atoms with Crippen LogP contribution in [-0.4, -0.2) is 30.4 Å². The number of carbonyl (C=O) groups is 2. The lowest BCUT2D eigenvalue weighted by Crippen LogP contribution is -2.40. The summed E-state index contributed by atoms with van der Waals surface area (Å²) >= 11 is 0. The quantitative estimate of drug-likeness (QED) is 0.769. The highest BCUT2D eigenvalue weighted by atomic mass is 16.6. The molecule has 0 radical (unpaired) electrons. The number of ether oxygens (including phenoxy) is 1.